The van der Waals surface area contributed by atoms with Crippen molar-refractivity contribution in [2.75, 3.05) is 0 Å². The Bertz CT molecular complexity index is 1120. The number of pyridine rings is 2. The molecule has 7 nitrogen and oxygen atoms in total. The Kier molecular flexibility index (Phi) is 4.25. The minimum Gasteiger partial charge on any atom is -0.424 e. The van der Waals surface area contributed by atoms with Crippen LogP contribution in [0.25, 0.3) is 31.8 Å². The highest BCUT2D eigenvalue weighted by molar-refractivity contribution is 7.22. The Balaban J connectivity index is 2.11. The summed E-state index contributed by atoms with van der Waals surface area (Å²) in [5.74, 6) is -0.371. The molecule has 0 unspecified atom stereocenters. The van der Waals surface area contributed by atoms with E-state index in [1.807, 2.05) is 18.2 Å². The predicted molar refractivity (Wildman–Crippen MR) is 101 cm³/mol. The molecular weight excluding hydrogens is 366 g/mol. The van der Waals surface area contributed by atoms with Gasteiger partial charge in [-0.25, -0.2) is 4.98 Å². The fourth-order valence-corrected chi connectivity index (χ4v) is 3.74. The lowest BCUT2D eigenvalue weighted by molar-refractivity contribution is -0.132. The maximum Gasteiger partial charge on any atom is 0.308 e. The van der Waals surface area contributed by atoms with Crippen molar-refractivity contribution in [1.29, 1.82) is 0 Å². The summed E-state index contributed by atoms with van der Waals surface area (Å²) in [6.07, 6.45) is 3.25. The molecule has 4 rings (SSSR count). The third-order valence-electron chi connectivity index (χ3n) is 3.69. The van der Waals surface area contributed by atoms with E-state index < -0.39 is 11.9 Å². The molecule has 3 aromatic heterocycles. The number of carbonyl (C=O) groups excluding carboxylic acids is 2. The van der Waals surface area contributed by atoms with Gasteiger partial charge < -0.3 is 9.47 Å². The van der Waals surface area contributed by atoms with Crippen LogP contribution in [0.1, 0.15) is 13.8 Å². The fourth-order valence-electron chi connectivity index (χ4n) is 2.72. The van der Waals surface area contributed by atoms with Crippen LogP contribution in [0.4, 0.5) is 0 Å². The first-order chi connectivity index (χ1) is 13.0. The van der Waals surface area contributed by atoms with Crippen LogP contribution in [0.2, 0.25) is 0 Å². The topological polar surface area (TPSA) is 91.3 Å². The van der Waals surface area contributed by atoms with Crippen molar-refractivity contribution in [2.45, 2.75) is 13.8 Å². The summed E-state index contributed by atoms with van der Waals surface area (Å²) in [7, 11) is 0. The predicted octanol–water partition coefficient (Wildman–Crippen LogP) is 3.76. The van der Waals surface area contributed by atoms with Gasteiger partial charge in [-0.1, -0.05) is 6.07 Å². The smallest absolute Gasteiger partial charge is 0.308 e. The first-order valence-electron chi connectivity index (χ1n) is 8.04. The average Bonchev–Trinajstić information content (AvgIpc) is 3.10. The molecule has 0 aliphatic heterocycles. The van der Waals surface area contributed by atoms with Crippen molar-refractivity contribution in [3.63, 3.8) is 0 Å². The van der Waals surface area contributed by atoms with Gasteiger partial charge in [0.25, 0.3) is 0 Å². The lowest BCUT2D eigenvalue weighted by atomic mass is 10.1. The van der Waals surface area contributed by atoms with Gasteiger partial charge in [-0.05, 0) is 24.3 Å². The van der Waals surface area contributed by atoms with Crippen molar-refractivity contribution >= 4 is 44.4 Å². The number of nitrogens with zero attached hydrogens (tertiary/aromatic N) is 3. The van der Waals surface area contributed by atoms with Gasteiger partial charge in [-0.2, -0.15) is 0 Å². The second-order valence-corrected chi connectivity index (χ2v) is 6.66. The Labute approximate surface area is 157 Å². The largest absolute Gasteiger partial charge is 0.424 e. The van der Waals surface area contributed by atoms with Crippen LogP contribution in [-0.4, -0.2) is 26.9 Å². The van der Waals surface area contributed by atoms with Crippen LogP contribution >= 0.6 is 11.3 Å². The SMILES string of the molecule is CC(=O)Oc1c2cccnc2c(OC(C)=O)c2sc(-c3ccccn3)nc12. The first kappa shape index (κ1) is 17.0. The quantitative estimate of drug-likeness (QED) is 0.395. The minimum atomic E-state index is -0.478. The molecule has 0 aliphatic carbocycles. The highest BCUT2D eigenvalue weighted by atomic mass is 32.1. The number of rotatable bonds is 3. The number of hydrogen-bond acceptors (Lipinski definition) is 8. The molecule has 0 saturated carbocycles. The molecule has 1 aromatic carbocycles. The highest BCUT2D eigenvalue weighted by Gasteiger charge is 2.23. The molecule has 0 aliphatic rings. The van der Waals surface area contributed by atoms with E-state index >= 15 is 0 Å². The second kappa shape index (κ2) is 6.73. The molecule has 0 fully saturated rings. The van der Waals surface area contributed by atoms with Crippen LogP contribution in [0.15, 0.2) is 42.7 Å². The van der Waals surface area contributed by atoms with Crippen molar-refractivity contribution in [3.05, 3.63) is 42.7 Å². The summed E-state index contributed by atoms with van der Waals surface area (Å²) in [5.41, 5.74) is 1.51. The lowest BCUT2D eigenvalue weighted by Gasteiger charge is -2.11. The number of thiazole rings is 1. The molecule has 0 radical (unpaired) electrons. The molecule has 4 aromatic rings. The molecule has 27 heavy (non-hydrogen) atoms. The molecule has 0 atom stereocenters. The van der Waals surface area contributed by atoms with Gasteiger partial charge >= 0.3 is 11.9 Å². The normalized spacial score (nSPS) is 10.9. The minimum absolute atomic E-state index is 0.287. The van der Waals surface area contributed by atoms with Crippen molar-refractivity contribution in [1.82, 2.24) is 15.0 Å². The Morgan fingerprint density at radius 2 is 1.63 bits per heavy atom. The average molecular weight is 379 g/mol. The number of fused-ring (bicyclic) bond motifs is 2. The van der Waals surface area contributed by atoms with Crippen molar-refractivity contribution < 1.29 is 19.1 Å². The molecule has 8 heteroatoms. The van der Waals surface area contributed by atoms with Gasteiger partial charge in [0.15, 0.2) is 11.5 Å². The zero-order valence-electron chi connectivity index (χ0n) is 14.4. The summed E-state index contributed by atoms with van der Waals surface area (Å²) in [6, 6.07) is 8.94. The van der Waals surface area contributed by atoms with Gasteiger partial charge in [0.05, 0.1) is 5.69 Å². The van der Waals surface area contributed by atoms with Gasteiger partial charge in [0, 0.05) is 31.6 Å². The van der Waals surface area contributed by atoms with E-state index in [1.54, 1.807) is 24.5 Å². The van der Waals surface area contributed by atoms with Crippen LogP contribution in [-0.2, 0) is 9.59 Å². The highest BCUT2D eigenvalue weighted by Crippen LogP contribution is 2.45. The van der Waals surface area contributed by atoms with Crippen LogP contribution in [0.3, 0.4) is 0 Å². The number of benzene rings is 1. The van der Waals surface area contributed by atoms with Crippen LogP contribution in [0.5, 0.6) is 11.5 Å². The van der Waals surface area contributed by atoms with E-state index in [0.29, 0.717) is 37.6 Å². The van der Waals surface area contributed by atoms with E-state index in [2.05, 4.69) is 15.0 Å². The molecular formula is C19H13N3O4S. The summed E-state index contributed by atoms with van der Waals surface area (Å²) >= 11 is 1.29. The fraction of sp³-hybridized carbons (Fsp3) is 0.105. The number of ether oxygens (including phenoxy) is 2. The molecule has 0 amide bonds. The summed E-state index contributed by atoms with van der Waals surface area (Å²) in [6.45, 7) is 2.64. The molecule has 134 valence electrons. The van der Waals surface area contributed by atoms with E-state index in [4.69, 9.17) is 9.47 Å². The Morgan fingerprint density at radius 3 is 2.33 bits per heavy atom. The van der Waals surface area contributed by atoms with Gasteiger partial charge in [-0.3, -0.25) is 19.6 Å². The first-order valence-corrected chi connectivity index (χ1v) is 8.85. The van der Waals surface area contributed by atoms with Crippen molar-refractivity contribution in [3.8, 4) is 22.2 Å². The lowest BCUT2D eigenvalue weighted by Crippen LogP contribution is -2.06. The molecule has 0 saturated heterocycles. The Morgan fingerprint density at radius 1 is 0.889 bits per heavy atom. The standard InChI is InChI=1S/C19H13N3O4S/c1-10(23)25-16-12-6-5-9-21-14(12)17(26-11(2)24)18-15(16)22-19(27-18)13-7-3-4-8-20-13/h3-9H,1-2H3. The summed E-state index contributed by atoms with van der Waals surface area (Å²) in [5, 5.41) is 1.15. The molecule has 3 heterocycles. The van der Waals surface area contributed by atoms with Crippen LogP contribution in [0, 0.1) is 0 Å². The monoisotopic (exact) mass is 379 g/mol. The zero-order chi connectivity index (χ0) is 19.0. The number of carbonyl (C=O) groups is 2. The van der Waals surface area contributed by atoms with Gasteiger partial charge in [-0.15, -0.1) is 11.3 Å². The van der Waals surface area contributed by atoms with Crippen LogP contribution < -0.4 is 9.47 Å². The molecule has 0 N–H and O–H groups in total. The van der Waals surface area contributed by atoms with E-state index in [0.717, 1.165) is 0 Å². The van der Waals surface area contributed by atoms with Crippen molar-refractivity contribution in [2.24, 2.45) is 0 Å². The summed E-state index contributed by atoms with van der Waals surface area (Å²) in [4.78, 5) is 36.6. The zero-order valence-corrected chi connectivity index (χ0v) is 15.2. The third-order valence-corrected chi connectivity index (χ3v) is 4.77. The van der Waals surface area contributed by atoms with E-state index in [1.165, 1.54) is 25.2 Å². The third kappa shape index (κ3) is 3.11. The maximum absolute atomic E-state index is 11.7. The Hall–Kier alpha value is -3.39. The van der Waals surface area contributed by atoms with E-state index in [-0.39, 0.29) is 5.75 Å². The molecule has 0 spiro atoms. The van der Waals surface area contributed by atoms with Gasteiger partial charge in [0.1, 0.15) is 20.7 Å². The second-order valence-electron chi connectivity index (χ2n) is 5.66. The van der Waals surface area contributed by atoms with Gasteiger partial charge in [0.2, 0.25) is 0 Å². The number of hydrogen-bond donors (Lipinski definition) is 0. The molecule has 0 bridgehead atoms. The number of esters is 2. The number of aromatic nitrogens is 3. The van der Waals surface area contributed by atoms with E-state index in [9.17, 15) is 9.59 Å². The maximum atomic E-state index is 11.7. The summed E-state index contributed by atoms with van der Waals surface area (Å²) < 4.78 is 11.5.